The SMILES string of the molecule is O=C(O)C1=C(C(=O)O)CC(O)CC1. The Bertz CT molecular complexity index is 278. The lowest BCUT2D eigenvalue weighted by molar-refractivity contribution is -0.136. The second-order valence-corrected chi connectivity index (χ2v) is 2.96. The van der Waals surface area contributed by atoms with Crippen molar-refractivity contribution in [3.05, 3.63) is 11.1 Å². The number of hydrogen-bond donors (Lipinski definition) is 3. The average Bonchev–Trinajstić information content (AvgIpc) is 2.03. The molecule has 0 aromatic heterocycles. The molecule has 0 fully saturated rings. The molecule has 13 heavy (non-hydrogen) atoms. The van der Waals surface area contributed by atoms with Crippen molar-refractivity contribution in [1.82, 2.24) is 0 Å². The Balaban J connectivity index is 3.01. The fraction of sp³-hybridized carbons (Fsp3) is 0.500. The van der Waals surface area contributed by atoms with Crippen molar-refractivity contribution in [1.29, 1.82) is 0 Å². The summed E-state index contributed by atoms with van der Waals surface area (Å²) in [5.41, 5.74) is -0.260. The van der Waals surface area contributed by atoms with E-state index in [2.05, 4.69) is 0 Å². The number of hydrogen-bond acceptors (Lipinski definition) is 3. The molecule has 5 nitrogen and oxygen atoms in total. The zero-order valence-electron chi connectivity index (χ0n) is 6.86. The average molecular weight is 186 g/mol. The summed E-state index contributed by atoms with van der Waals surface area (Å²) < 4.78 is 0. The van der Waals surface area contributed by atoms with E-state index in [-0.39, 0.29) is 24.0 Å². The number of rotatable bonds is 2. The highest BCUT2D eigenvalue weighted by molar-refractivity contribution is 5.99. The standard InChI is InChI=1S/C8H10O5/c9-4-1-2-5(7(10)11)6(3-4)8(12)13/h4,9H,1-3H2,(H,10,11)(H,12,13). The van der Waals surface area contributed by atoms with E-state index in [0.717, 1.165) is 0 Å². The molecule has 0 aromatic rings. The van der Waals surface area contributed by atoms with Crippen LogP contribution in [0.5, 0.6) is 0 Å². The van der Waals surface area contributed by atoms with Crippen molar-refractivity contribution >= 4 is 11.9 Å². The zero-order chi connectivity index (χ0) is 10.0. The second-order valence-electron chi connectivity index (χ2n) is 2.96. The van der Waals surface area contributed by atoms with Gasteiger partial charge in [-0.1, -0.05) is 0 Å². The minimum atomic E-state index is -1.25. The second kappa shape index (κ2) is 3.57. The molecule has 1 aliphatic carbocycles. The molecule has 0 spiro atoms. The van der Waals surface area contributed by atoms with E-state index in [1.165, 1.54) is 0 Å². The molecule has 0 aromatic carbocycles. The summed E-state index contributed by atoms with van der Waals surface area (Å²) in [6, 6.07) is 0. The summed E-state index contributed by atoms with van der Waals surface area (Å²) in [4.78, 5) is 21.2. The molecule has 5 heteroatoms. The van der Waals surface area contributed by atoms with Gasteiger partial charge in [-0.25, -0.2) is 9.59 Å². The molecular weight excluding hydrogens is 176 g/mol. The molecule has 1 unspecified atom stereocenters. The van der Waals surface area contributed by atoms with Crippen LogP contribution in [0.3, 0.4) is 0 Å². The van der Waals surface area contributed by atoms with E-state index in [0.29, 0.717) is 6.42 Å². The third-order valence-electron chi connectivity index (χ3n) is 2.05. The zero-order valence-corrected chi connectivity index (χ0v) is 6.86. The van der Waals surface area contributed by atoms with E-state index in [4.69, 9.17) is 15.3 Å². The Morgan fingerprint density at radius 3 is 2.15 bits per heavy atom. The number of aliphatic hydroxyl groups excluding tert-OH is 1. The van der Waals surface area contributed by atoms with E-state index >= 15 is 0 Å². The molecule has 1 aliphatic rings. The van der Waals surface area contributed by atoms with Crippen LogP contribution in [0.1, 0.15) is 19.3 Å². The molecule has 3 N–H and O–H groups in total. The Labute approximate surface area is 74.3 Å². The third kappa shape index (κ3) is 2.06. The van der Waals surface area contributed by atoms with Gasteiger partial charge in [0.15, 0.2) is 0 Å². The largest absolute Gasteiger partial charge is 0.478 e. The van der Waals surface area contributed by atoms with Gasteiger partial charge in [0.1, 0.15) is 0 Å². The summed E-state index contributed by atoms with van der Waals surface area (Å²) >= 11 is 0. The first-order valence-corrected chi connectivity index (χ1v) is 3.89. The van der Waals surface area contributed by atoms with Gasteiger partial charge in [-0.15, -0.1) is 0 Å². The molecule has 0 bridgehead atoms. The van der Waals surface area contributed by atoms with Crippen molar-refractivity contribution in [2.75, 3.05) is 0 Å². The Kier molecular flexibility index (Phi) is 2.67. The first kappa shape index (κ1) is 9.73. The molecule has 0 saturated heterocycles. The van der Waals surface area contributed by atoms with E-state index in [1.54, 1.807) is 0 Å². The highest BCUT2D eigenvalue weighted by Crippen LogP contribution is 2.25. The molecule has 72 valence electrons. The molecule has 1 rings (SSSR count). The van der Waals surface area contributed by atoms with Gasteiger partial charge in [-0.05, 0) is 12.8 Å². The van der Waals surface area contributed by atoms with Crippen molar-refractivity contribution in [2.45, 2.75) is 25.4 Å². The molecule has 0 radical (unpaired) electrons. The molecular formula is C8H10O5. The smallest absolute Gasteiger partial charge is 0.332 e. The normalized spacial score (nSPS) is 23.0. The summed E-state index contributed by atoms with van der Waals surface area (Å²) in [6.07, 6.45) is -0.359. The van der Waals surface area contributed by atoms with Crippen molar-refractivity contribution in [3.63, 3.8) is 0 Å². The number of aliphatic hydroxyl groups is 1. The number of aliphatic carboxylic acids is 2. The van der Waals surface area contributed by atoms with Gasteiger partial charge in [-0.3, -0.25) is 0 Å². The minimum Gasteiger partial charge on any atom is -0.478 e. The predicted octanol–water partition coefficient (Wildman–Crippen LogP) is -0.00300. The quantitative estimate of drug-likeness (QED) is 0.564. The van der Waals surface area contributed by atoms with Crippen LogP contribution in [0.4, 0.5) is 0 Å². The van der Waals surface area contributed by atoms with Crippen LogP contribution < -0.4 is 0 Å². The molecule has 0 saturated carbocycles. The number of carboxylic acid groups (broad SMARTS) is 2. The highest BCUT2D eigenvalue weighted by Gasteiger charge is 2.27. The van der Waals surface area contributed by atoms with Gasteiger partial charge in [0.25, 0.3) is 0 Å². The maximum atomic E-state index is 10.6. The van der Waals surface area contributed by atoms with Gasteiger partial charge < -0.3 is 15.3 Å². The Morgan fingerprint density at radius 1 is 1.15 bits per heavy atom. The maximum absolute atomic E-state index is 10.6. The van der Waals surface area contributed by atoms with Crippen LogP contribution >= 0.6 is 0 Å². The third-order valence-corrected chi connectivity index (χ3v) is 2.05. The van der Waals surface area contributed by atoms with Gasteiger partial charge >= 0.3 is 11.9 Å². The van der Waals surface area contributed by atoms with Crippen molar-refractivity contribution < 1.29 is 24.9 Å². The molecule has 0 amide bonds. The molecule has 1 atom stereocenters. The topological polar surface area (TPSA) is 94.8 Å². The van der Waals surface area contributed by atoms with Gasteiger partial charge in [0.2, 0.25) is 0 Å². The summed E-state index contributed by atoms with van der Waals surface area (Å²) in [5.74, 6) is -2.46. The number of carboxylic acids is 2. The molecule has 0 heterocycles. The summed E-state index contributed by atoms with van der Waals surface area (Å²) in [7, 11) is 0. The van der Waals surface area contributed by atoms with Gasteiger partial charge in [-0.2, -0.15) is 0 Å². The van der Waals surface area contributed by atoms with Crippen LogP contribution in [0.15, 0.2) is 11.1 Å². The first-order chi connectivity index (χ1) is 6.02. The summed E-state index contributed by atoms with van der Waals surface area (Å²) in [6.45, 7) is 0. The fourth-order valence-electron chi connectivity index (χ4n) is 1.38. The highest BCUT2D eigenvalue weighted by atomic mass is 16.4. The van der Waals surface area contributed by atoms with E-state index in [9.17, 15) is 9.59 Å². The predicted molar refractivity (Wildman–Crippen MR) is 42.2 cm³/mol. The fourth-order valence-corrected chi connectivity index (χ4v) is 1.38. The van der Waals surface area contributed by atoms with Crippen LogP contribution in [0.25, 0.3) is 0 Å². The van der Waals surface area contributed by atoms with Gasteiger partial charge in [0.05, 0.1) is 6.10 Å². The van der Waals surface area contributed by atoms with Crippen LogP contribution in [0.2, 0.25) is 0 Å². The lowest BCUT2D eigenvalue weighted by atomic mass is 9.90. The van der Waals surface area contributed by atoms with Crippen LogP contribution in [-0.4, -0.2) is 33.4 Å². The number of carbonyl (C=O) groups is 2. The first-order valence-electron chi connectivity index (χ1n) is 3.89. The lowest BCUT2D eigenvalue weighted by Crippen LogP contribution is -2.22. The lowest BCUT2D eigenvalue weighted by Gasteiger charge is -2.19. The van der Waals surface area contributed by atoms with Crippen molar-refractivity contribution in [3.8, 4) is 0 Å². The van der Waals surface area contributed by atoms with Crippen molar-refractivity contribution in [2.24, 2.45) is 0 Å². The Hall–Kier alpha value is -1.36. The maximum Gasteiger partial charge on any atom is 0.332 e. The van der Waals surface area contributed by atoms with Gasteiger partial charge in [0, 0.05) is 17.6 Å². The van der Waals surface area contributed by atoms with Crippen LogP contribution in [-0.2, 0) is 9.59 Å². The summed E-state index contributed by atoms with van der Waals surface area (Å²) in [5, 5.41) is 26.4. The Morgan fingerprint density at radius 2 is 1.69 bits per heavy atom. The van der Waals surface area contributed by atoms with E-state index < -0.39 is 18.0 Å². The minimum absolute atomic E-state index is 0.0725. The van der Waals surface area contributed by atoms with Crippen LogP contribution in [0, 0.1) is 0 Å². The van der Waals surface area contributed by atoms with E-state index in [1.807, 2.05) is 0 Å². The molecule has 0 aliphatic heterocycles. The monoisotopic (exact) mass is 186 g/mol.